The molecule has 0 radical (unpaired) electrons. The highest BCUT2D eigenvalue weighted by molar-refractivity contribution is 5.96. The predicted molar refractivity (Wildman–Crippen MR) is 73.5 cm³/mol. The second-order valence-electron chi connectivity index (χ2n) is 4.96. The molecule has 0 bridgehead atoms. The van der Waals surface area contributed by atoms with Gasteiger partial charge in [-0.25, -0.2) is 0 Å². The highest BCUT2D eigenvalue weighted by atomic mass is 16.5. The lowest BCUT2D eigenvalue weighted by Crippen LogP contribution is -2.23. The molecule has 0 aromatic carbocycles. The van der Waals surface area contributed by atoms with Crippen molar-refractivity contribution in [2.45, 2.75) is 44.9 Å². The van der Waals surface area contributed by atoms with E-state index in [9.17, 15) is 4.79 Å². The molecule has 0 amide bonds. The van der Waals surface area contributed by atoms with Crippen LogP contribution in [0.25, 0.3) is 0 Å². The summed E-state index contributed by atoms with van der Waals surface area (Å²) in [5, 5.41) is 7.87. The minimum atomic E-state index is -0.464. The summed E-state index contributed by atoms with van der Waals surface area (Å²) in [6, 6.07) is 3.75. The van der Waals surface area contributed by atoms with Crippen LogP contribution >= 0.6 is 0 Å². The number of hydrogen-bond acceptors (Lipinski definition) is 4. The van der Waals surface area contributed by atoms with E-state index in [-0.39, 0.29) is 5.97 Å². The molecule has 0 unspecified atom stereocenters. The number of carbonyl (C=O) groups is 1. The Bertz CT molecular complexity index is 475. The molecule has 1 N–H and O–H groups in total. The molecule has 1 heterocycles. The quantitative estimate of drug-likeness (QED) is 0.632. The highest BCUT2D eigenvalue weighted by Crippen LogP contribution is 2.49. The zero-order valence-electron chi connectivity index (χ0n) is 11.5. The molecule has 19 heavy (non-hydrogen) atoms. The van der Waals surface area contributed by atoms with E-state index in [1.54, 1.807) is 6.20 Å². The highest BCUT2D eigenvalue weighted by Gasteiger charge is 2.52. The normalized spacial score (nSPS) is 15.9. The van der Waals surface area contributed by atoms with Crippen molar-refractivity contribution < 1.29 is 9.53 Å². The summed E-state index contributed by atoms with van der Waals surface area (Å²) < 4.78 is 5.13. The Morgan fingerprint density at radius 1 is 1.42 bits per heavy atom. The van der Waals surface area contributed by atoms with Crippen molar-refractivity contribution in [2.24, 2.45) is 0 Å². The third-order valence-electron chi connectivity index (χ3n) is 3.54. The van der Waals surface area contributed by atoms with E-state index < -0.39 is 5.41 Å². The van der Waals surface area contributed by atoms with Gasteiger partial charge < -0.3 is 10.1 Å². The maximum atomic E-state index is 12.0. The number of rotatable bonds is 6. The summed E-state index contributed by atoms with van der Waals surface area (Å²) in [6.45, 7) is 4.28. The van der Waals surface area contributed by atoms with Gasteiger partial charge in [-0.05, 0) is 37.8 Å². The second kappa shape index (κ2) is 5.51. The van der Waals surface area contributed by atoms with E-state index in [0.29, 0.717) is 18.0 Å². The number of hydrogen-bond donors (Lipinski definition) is 1. The average Bonchev–Trinajstić information content (AvgIpc) is 3.21. The predicted octanol–water partition coefficient (Wildman–Crippen LogP) is 2.84. The maximum absolute atomic E-state index is 12.0. The van der Waals surface area contributed by atoms with E-state index >= 15 is 0 Å². The lowest BCUT2D eigenvalue weighted by Gasteiger charge is -2.14. The molecular formula is C15H20N2O2. The number of ether oxygens (including phenoxy) is 1. The Labute approximate surface area is 113 Å². The van der Waals surface area contributed by atoms with Crippen molar-refractivity contribution in [2.75, 3.05) is 6.61 Å². The fourth-order valence-electron chi connectivity index (χ4n) is 2.24. The average molecular weight is 260 g/mol. The van der Waals surface area contributed by atoms with Crippen LogP contribution in [0.2, 0.25) is 0 Å². The van der Waals surface area contributed by atoms with Crippen LogP contribution in [0.1, 0.15) is 50.8 Å². The molecule has 0 saturated heterocycles. The van der Waals surface area contributed by atoms with Crippen LogP contribution in [0.15, 0.2) is 18.3 Å². The van der Waals surface area contributed by atoms with Gasteiger partial charge >= 0.3 is 5.97 Å². The zero-order valence-corrected chi connectivity index (χ0v) is 11.5. The molecule has 1 aliphatic rings. The number of carbonyl (C=O) groups excluding carboxylic acids is 1. The lowest BCUT2D eigenvalue weighted by molar-refractivity contribution is -0.146. The molecule has 4 nitrogen and oxygen atoms in total. The minimum absolute atomic E-state index is 0.145. The first-order chi connectivity index (χ1) is 9.14. The molecular weight excluding hydrogens is 240 g/mol. The van der Waals surface area contributed by atoms with Crippen LogP contribution in [0.4, 0.5) is 0 Å². The first-order valence-electron chi connectivity index (χ1n) is 6.85. The molecule has 102 valence electrons. The molecule has 1 aliphatic carbocycles. The number of nitrogens with zero attached hydrogens (tertiary/aromatic N) is 1. The molecule has 1 saturated carbocycles. The van der Waals surface area contributed by atoms with Crippen molar-refractivity contribution in [1.29, 1.82) is 5.41 Å². The lowest BCUT2D eigenvalue weighted by atomic mass is 9.97. The van der Waals surface area contributed by atoms with Gasteiger partial charge in [-0.3, -0.25) is 9.78 Å². The molecule has 2 rings (SSSR count). The van der Waals surface area contributed by atoms with Crippen LogP contribution in [-0.2, 0) is 14.9 Å². The Balaban J connectivity index is 2.15. The molecule has 4 heteroatoms. The molecule has 1 aromatic rings. The van der Waals surface area contributed by atoms with Crippen LogP contribution in [0, 0.1) is 5.41 Å². The molecule has 0 atom stereocenters. The summed E-state index contributed by atoms with van der Waals surface area (Å²) in [5.41, 5.74) is 1.70. The fourth-order valence-corrected chi connectivity index (χ4v) is 2.24. The van der Waals surface area contributed by atoms with Gasteiger partial charge in [0, 0.05) is 6.20 Å². The summed E-state index contributed by atoms with van der Waals surface area (Å²) in [4.78, 5) is 16.3. The van der Waals surface area contributed by atoms with Crippen molar-refractivity contribution in [3.63, 3.8) is 0 Å². The minimum Gasteiger partial charge on any atom is -0.465 e. The van der Waals surface area contributed by atoms with Crippen molar-refractivity contribution in [3.8, 4) is 0 Å². The topological polar surface area (TPSA) is 63.0 Å². The van der Waals surface area contributed by atoms with E-state index in [1.165, 1.54) is 0 Å². The zero-order chi connectivity index (χ0) is 13.9. The number of pyridine rings is 1. The Morgan fingerprint density at radius 2 is 2.16 bits per heavy atom. The number of nitrogens with one attached hydrogen (secondary N) is 1. The number of esters is 1. The van der Waals surface area contributed by atoms with E-state index in [1.807, 2.05) is 26.0 Å². The van der Waals surface area contributed by atoms with Crippen LogP contribution in [0.3, 0.4) is 0 Å². The van der Waals surface area contributed by atoms with Crippen molar-refractivity contribution in [3.05, 3.63) is 29.6 Å². The molecule has 0 aliphatic heterocycles. The smallest absolute Gasteiger partial charge is 0.316 e. The van der Waals surface area contributed by atoms with Gasteiger partial charge in [0.05, 0.1) is 23.4 Å². The third kappa shape index (κ3) is 2.67. The van der Waals surface area contributed by atoms with Gasteiger partial charge in [0.15, 0.2) is 0 Å². The summed E-state index contributed by atoms with van der Waals surface area (Å²) in [6.07, 6.45) is 5.06. The van der Waals surface area contributed by atoms with Gasteiger partial charge in [-0.2, -0.15) is 0 Å². The second-order valence-corrected chi connectivity index (χ2v) is 4.96. The Kier molecular flexibility index (Phi) is 3.98. The van der Waals surface area contributed by atoms with Gasteiger partial charge in [-0.15, -0.1) is 0 Å². The van der Waals surface area contributed by atoms with Gasteiger partial charge in [0.1, 0.15) is 0 Å². The van der Waals surface area contributed by atoms with E-state index in [4.69, 9.17) is 10.1 Å². The molecule has 0 spiro atoms. The van der Waals surface area contributed by atoms with E-state index in [0.717, 1.165) is 31.2 Å². The monoisotopic (exact) mass is 260 g/mol. The SMILES string of the molecule is CCCC(=N)c1ccc(C2(C(=O)OCC)CC2)cn1. The maximum Gasteiger partial charge on any atom is 0.316 e. The summed E-state index contributed by atoms with van der Waals surface area (Å²) in [5.74, 6) is -0.145. The largest absolute Gasteiger partial charge is 0.465 e. The Morgan fingerprint density at radius 3 is 2.63 bits per heavy atom. The summed E-state index contributed by atoms with van der Waals surface area (Å²) in [7, 11) is 0. The first-order valence-corrected chi connectivity index (χ1v) is 6.85. The van der Waals surface area contributed by atoms with Gasteiger partial charge in [-0.1, -0.05) is 19.4 Å². The van der Waals surface area contributed by atoms with Gasteiger partial charge in [0.2, 0.25) is 0 Å². The van der Waals surface area contributed by atoms with Crippen LogP contribution < -0.4 is 0 Å². The first kappa shape index (κ1) is 13.7. The molecule has 1 aromatic heterocycles. The summed E-state index contributed by atoms with van der Waals surface area (Å²) >= 11 is 0. The standard InChI is InChI=1S/C15H20N2O2/c1-3-5-12(16)13-7-6-11(10-17-13)15(8-9-15)14(18)19-4-2/h6-7,10,16H,3-5,8-9H2,1-2H3. The van der Waals surface area contributed by atoms with Crippen LogP contribution in [-0.4, -0.2) is 23.3 Å². The molecule has 1 fully saturated rings. The van der Waals surface area contributed by atoms with Crippen molar-refractivity contribution in [1.82, 2.24) is 4.98 Å². The third-order valence-corrected chi connectivity index (χ3v) is 3.54. The Hall–Kier alpha value is -1.71. The number of aromatic nitrogens is 1. The fraction of sp³-hybridized carbons (Fsp3) is 0.533. The van der Waals surface area contributed by atoms with Crippen molar-refractivity contribution >= 4 is 11.7 Å². The van der Waals surface area contributed by atoms with Gasteiger partial charge in [0.25, 0.3) is 0 Å². The van der Waals surface area contributed by atoms with E-state index in [2.05, 4.69) is 4.98 Å². The van der Waals surface area contributed by atoms with Crippen LogP contribution in [0.5, 0.6) is 0 Å².